The molecule has 20 heavy (non-hydrogen) atoms. The lowest BCUT2D eigenvalue weighted by Crippen LogP contribution is -2.28. The fraction of sp³-hybridized carbons (Fsp3) is 0.308. The second-order valence-electron chi connectivity index (χ2n) is 4.64. The van der Waals surface area contributed by atoms with Crippen LogP contribution >= 0.6 is 11.3 Å². The predicted octanol–water partition coefficient (Wildman–Crippen LogP) is 2.38. The molecule has 1 aromatic carbocycles. The van der Waals surface area contributed by atoms with E-state index in [9.17, 15) is 8.42 Å². The zero-order valence-electron chi connectivity index (χ0n) is 11.5. The minimum Gasteiger partial charge on any atom is -0.398 e. The smallest absolute Gasteiger partial charge is 0.241 e. The second kappa shape index (κ2) is 5.51. The van der Waals surface area contributed by atoms with Crippen LogP contribution < -0.4 is 10.5 Å². The van der Waals surface area contributed by atoms with Crippen molar-refractivity contribution in [2.24, 2.45) is 0 Å². The van der Waals surface area contributed by atoms with E-state index in [-0.39, 0.29) is 10.9 Å². The Balaban J connectivity index is 2.39. The number of thiazole rings is 1. The lowest BCUT2D eigenvalue weighted by molar-refractivity contribution is 0.565. The van der Waals surface area contributed by atoms with Crippen LogP contribution in [0.1, 0.15) is 29.1 Å². The molecule has 0 saturated heterocycles. The number of sulfonamides is 1. The van der Waals surface area contributed by atoms with E-state index in [1.165, 1.54) is 11.3 Å². The third kappa shape index (κ3) is 2.84. The van der Waals surface area contributed by atoms with E-state index in [0.29, 0.717) is 16.8 Å². The van der Waals surface area contributed by atoms with E-state index in [0.717, 1.165) is 5.01 Å². The minimum absolute atomic E-state index is 0.251. The standard InChI is InChI=1S/C13H17N3O2S2/c1-8-4-5-11(14)9(2)12(8)20(17,18)16-10(3)13-15-6-7-19-13/h4-7,10,16H,14H2,1-3H3. The highest BCUT2D eigenvalue weighted by molar-refractivity contribution is 7.89. The summed E-state index contributed by atoms with van der Waals surface area (Å²) in [6.45, 7) is 5.24. The Hall–Kier alpha value is -1.44. The van der Waals surface area contributed by atoms with Crippen LogP contribution in [0, 0.1) is 13.8 Å². The third-order valence-corrected chi connectivity index (χ3v) is 5.85. The van der Waals surface area contributed by atoms with E-state index in [2.05, 4.69) is 9.71 Å². The summed E-state index contributed by atoms with van der Waals surface area (Å²) < 4.78 is 27.7. The van der Waals surface area contributed by atoms with Crippen LogP contribution in [0.4, 0.5) is 5.69 Å². The number of aryl methyl sites for hydroxylation is 1. The van der Waals surface area contributed by atoms with Crippen LogP contribution in [0.5, 0.6) is 0 Å². The molecule has 5 nitrogen and oxygen atoms in total. The quantitative estimate of drug-likeness (QED) is 0.849. The molecule has 0 spiro atoms. The van der Waals surface area contributed by atoms with E-state index in [1.54, 1.807) is 39.1 Å². The molecule has 2 rings (SSSR count). The van der Waals surface area contributed by atoms with Gasteiger partial charge in [0.2, 0.25) is 10.0 Å². The van der Waals surface area contributed by atoms with Crippen LogP contribution in [0.3, 0.4) is 0 Å². The van der Waals surface area contributed by atoms with Gasteiger partial charge in [-0.25, -0.2) is 18.1 Å². The fourth-order valence-electron chi connectivity index (χ4n) is 2.05. The van der Waals surface area contributed by atoms with Gasteiger partial charge >= 0.3 is 0 Å². The van der Waals surface area contributed by atoms with E-state index in [1.807, 2.05) is 5.38 Å². The Morgan fingerprint density at radius 3 is 2.65 bits per heavy atom. The maximum atomic E-state index is 12.5. The van der Waals surface area contributed by atoms with Gasteiger partial charge in [0.25, 0.3) is 0 Å². The van der Waals surface area contributed by atoms with Gasteiger partial charge in [-0.3, -0.25) is 0 Å². The first kappa shape index (κ1) is 15.0. The van der Waals surface area contributed by atoms with Crippen molar-refractivity contribution < 1.29 is 8.42 Å². The molecule has 0 aliphatic heterocycles. The molecule has 0 bridgehead atoms. The SMILES string of the molecule is Cc1ccc(N)c(C)c1S(=O)(=O)NC(C)c1nccs1. The zero-order chi connectivity index (χ0) is 14.9. The maximum Gasteiger partial charge on any atom is 0.241 e. The first-order valence-electron chi connectivity index (χ1n) is 6.10. The van der Waals surface area contributed by atoms with Gasteiger partial charge in [0.15, 0.2) is 0 Å². The highest BCUT2D eigenvalue weighted by atomic mass is 32.2. The molecule has 7 heteroatoms. The van der Waals surface area contributed by atoms with Gasteiger partial charge in [0.1, 0.15) is 5.01 Å². The molecular weight excluding hydrogens is 294 g/mol. The average Bonchev–Trinajstić information content (AvgIpc) is 2.87. The number of aromatic nitrogens is 1. The predicted molar refractivity (Wildman–Crippen MR) is 81.2 cm³/mol. The molecule has 0 radical (unpaired) electrons. The minimum atomic E-state index is -3.63. The molecule has 1 atom stereocenters. The highest BCUT2D eigenvalue weighted by Gasteiger charge is 2.24. The van der Waals surface area contributed by atoms with Crippen molar-refractivity contribution in [3.05, 3.63) is 39.8 Å². The zero-order valence-corrected chi connectivity index (χ0v) is 13.2. The molecule has 3 N–H and O–H groups in total. The Morgan fingerprint density at radius 1 is 1.35 bits per heavy atom. The number of hydrogen-bond donors (Lipinski definition) is 2. The van der Waals surface area contributed by atoms with Crippen molar-refractivity contribution in [3.63, 3.8) is 0 Å². The average molecular weight is 311 g/mol. The molecule has 0 aliphatic rings. The number of nitrogens with one attached hydrogen (secondary N) is 1. The molecule has 0 aliphatic carbocycles. The Labute approximate surface area is 122 Å². The highest BCUT2D eigenvalue weighted by Crippen LogP contribution is 2.26. The molecule has 0 amide bonds. The largest absolute Gasteiger partial charge is 0.398 e. The number of nitrogen functional groups attached to an aromatic ring is 1. The van der Waals surface area contributed by atoms with Crippen molar-refractivity contribution in [2.75, 3.05) is 5.73 Å². The summed E-state index contributed by atoms with van der Waals surface area (Å²) in [5, 5.41) is 2.55. The summed E-state index contributed by atoms with van der Waals surface area (Å²) >= 11 is 1.42. The lowest BCUT2D eigenvalue weighted by atomic mass is 10.1. The van der Waals surface area contributed by atoms with Crippen LogP contribution in [-0.4, -0.2) is 13.4 Å². The molecule has 0 fully saturated rings. The van der Waals surface area contributed by atoms with E-state index < -0.39 is 10.0 Å². The summed E-state index contributed by atoms with van der Waals surface area (Å²) in [4.78, 5) is 4.37. The summed E-state index contributed by atoms with van der Waals surface area (Å²) in [6.07, 6.45) is 1.65. The number of hydrogen-bond acceptors (Lipinski definition) is 5. The first-order chi connectivity index (χ1) is 9.33. The van der Waals surface area contributed by atoms with Crippen molar-refractivity contribution >= 4 is 27.0 Å². The van der Waals surface area contributed by atoms with Crippen LogP contribution in [-0.2, 0) is 10.0 Å². The number of anilines is 1. The first-order valence-corrected chi connectivity index (χ1v) is 8.46. The van der Waals surface area contributed by atoms with Gasteiger partial charge in [0, 0.05) is 17.3 Å². The number of nitrogens with two attached hydrogens (primary N) is 1. The van der Waals surface area contributed by atoms with Crippen molar-refractivity contribution in [1.29, 1.82) is 0 Å². The van der Waals surface area contributed by atoms with Gasteiger partial charge < -0.3 is 5.73 Å². The van der Waals surface area contributed by atoms with Gasteiger partial charge in [0.05, 0.1) is 10.9 Å². The summed E-state index contributed by atoms with van der Waals surface area (Å²) in [7, 11) is -3.63. The van der Waals surface area contributed by atoms with Crippen LogP contribution in [0.2, 0.25) is 0 Å². The molecular formula is C13H17N3O2S2. The number of benzene rings is 1. The monoisotopic (exact) mass is 311 g/mol. The van der Waals surface area contributed by atoms with Gasteiger partial charge in [-0.1, -0.05) is 6.07 Å². The topological polar surface area (TPSA) is 85.1 Å². The molecule has 108 valence electrons. The van der Waals surface area contributed by atoms with Crippen molar-refractivity contribution in [3.8, 4) is 0 Å². The molecule has 1 aromatic heterocycles. The summed E-state index contributed by atoms with van der Waals surface area (Å²) in [5.74, 6) is 0. The second-order valence-corrected chi connectivity index (χ2v) is 7.22. The normalized spacial score (nSPS) is 13.3. The van der Waals surface area contributed by atoms with Gasteiger partial charge in [-0.15, -0.1) is 11.3 Å². The van der Waals surface area contributed by atoms with Crippen molar-refractivity contribution in [1.82, 2.24) is 9.71 Å². The molecule has 1 unspecified atom stereocenters. The van der Waals surface area contributed by atoms with Crippen molar-refractivity contribution in [2.45, 2.75) is 31.7 Å². The molecule has 2 aromatic rings. The maximum absolute atomic E-state index is 12.5. The van der Waals surface area contributed by atoms with E-state index in [4.69, 9.17) is 5.73 Å². The Morgan fingerprint density at radius 2 is 2.05 bits per heavy atom. The molecule has 1 heterocycles. The Bertz CT molecular complexity index is 709. The number of rotatable bonds is 4. The number of nitrogens with zero attached hydrogens (tertiary/aromatic N) is 1. The van der Waals surface area contributed by atoms with E-state index >= 15 is 0 Å². The lowest BCUT2D eigenvalue weighted by Gasteiger charge is -2.16. The third-order valence-electron chi connectivity index (χ3n) is 3.07. The molecule has 0 saturated carbocycles. The Kier molecular flexibility index (Phi) is 4.12. The fourth-order valence-corrected chi connectivity index (χ4v) is 4.47. The van der Waals surface area contributed by atoms with Crippen LogP contribution in [0.15, 0.2) is 28.6 Å². The van der Waals surface area contributed by atoms with Gasteiger partial charge in [-0.05, 0) is 38.0 Å². The summed E-state index contributed by atoms with van der Waals surface area (Å²) in [6, 6.07) is 3.05. The summed E-state index contributed by atoms with van der Waals surface area (Å²) in [5.41, 5.74) is 7.53. The van der Waals surface area contributed by atoms with Gasteiger partial charge in [-0.2, -0.15) is 0 Å². The van der Waals surface area contributed by atoms with Crippen LogP contribution in [0.25, 0.3) is 0 Å².